The van der Waals surface area contributed by atoms with E-state index in [9.17, 15) is 9.59 Å². The SMILES string of the molecule is O=C(Cl)c1cc(=O)[nH]c2c1CCC2. The molecule has 1 aliphatic rings. The summed E-state index contributed by atoms with van der Waals surface area (Å²) in [4.78, 5) is 24.8. The van der Waals surface area contributed by atoms with E-state index < -0.39 is 5.24 Å². The Morgan fingerprint density at radius 2 is 2.23 bits per heavy atom. The quantitative estimate of drug-likeness (QED) is 0.689. The number of pyridine rings is 1. The van der Waals surface area contributed by atoms with Crippen molar-refractivity contribution in [2.45, 2.75) is 19.3 Å². The molecule has 0 saturated carbocycles. The molecule has 0 aromatic carbocycles. The van der Waals surface area contributed by atoms with E-state index in [1.165, 1.54) is 6.07 Å². The zero-order valence-corrected chi connectivity index (χ0v) is 7.65. The first-order valence-corrected chi connectivity index (χ1v) is 4.51. The van der Waals surface area contributed by atoms with Gasteiger partial charge in [-0.25, -0.2) is 0 Å². The van der Waals surface area contributed by atoms with Gasteiger partial charge in [-0.1, -0.05) is 0 Å². The monoisotopic (exact) mass is 197 g/mol. The molecule has 0 unspecified atom stereocenters. The maximum absolute atomic E-state index is 11.1. The normalized spacial score (nSPS) is 14.2. The molecular weight excluding hydrogens is 190 g/mol. The third-order valence-electron chi connectivity index (χ3n) is 2.30. The lowest BCUT2D eigenvalue weighted by atomic mass is 10.1. The van der Waals surface area contributed by atoms with Crippen LogP contribution >= 0.6 is 11.6 Å². The molecule has 3 nitrogen and oxygen atoms in total. The van der Waals surface area contributed by atoms with Crippen LogP contribution in [0.25, 0.3) is 0 Å². The van der Waals surface area contributed by atoms with Crippen LogP contribution in [-0.2, 0) is 12.8 Å². The highest BCUT2D eigenvalue weighted by atomic mass is 35.5. The van der Waals surface area contributed by atoms with Crippen molar-refractivity contribution in [1.82, 2.24) is 4.98 Å². The average Bonchev–Trinajstić information content (AvgIpc) is 2.49. The number of H-pyrrole nitrogens is 1. The smallest absolute Gasteiger partial charge is 0.252 e. The van der Waals surface area contributed by atoms with Crippen LogP contribution in [0.1, 0.15) is 28.0 Å². The molecule has 0 fully saturated rings. The Morgan fingerprint density at radius 1 is 1.46 bits per heavy atom. The van der Waals surface area contributed by atoms with Gasteiger partial charge in [0.15, 0.2) is 0 Å². The number of aryl methyl sites for hydroxylation is 1. The van der Waals surface area contributed by atoms with E-state index in [0.717, 1.165) is 30.5 Å². The predicted octanol–water partition coefficient (Wildman–Crippen LogP) is 1.24. The Labute approximate surface area is 79.7 Å². The van der Waals surface area contributed by atoms with Crippen molar-refractivity contribution in [2.24, 2.45) is 0 Å². The van der Waals surface area contributed by atoms with Crippen LogP contribution in [0, 0.1) is 0 Å². The molecule has 1 aliphatic carbocycles. The van der Waals surface area contributed by atoms with E-state index in [1.54, 1.807) is 0 Å². The topological polar surface area (TPSA) is 49.9 Å². The number of fused-ring (bicyclic) bond motifs is 1. The zero-order valence-electron chi connectivity index (χ0n) is 6.89. The zero-order chi connectivity index (χ0) is 9.42. The number of hydrogen-bond acceptors (Lipinski definition) is 2. The summed E-state index contributed by atoms with van der Waals surface area (Å²) in [5.41, 5.74) is 1.92. The van der Waals surface area contributed by atoms with Gasteiger partial charge in [0.05, 0.1) is 0 Å². The van der Waals surface area contributed by atoms with Gasteiger partial charge < -0.3 is 4.98 Å². The summed E-state index contributed by atoms with van der Waals surface area (Å²) >= 11 is 5.37. The highest BCUT2D eigenvalue weighted by Crippen LogP contribution is 2.22. The first-order valence-electron chi connectivity index (χ1n) is 4.13. The number of aromatic nitrogens is 1. The van der Waals surface area contributed by atoms with E-state index >= 15 is 0 Å². The molecule has 0 amide bonds. The number of nitrogens with one attached hydrogen (secondary N) is 1. The summed E-state index contributed by atoms with van der Waals surface area (Å²) in [6, 6.07) is 1.28. The molecule has 1 aromatic rings. The Bertz CT molecular complexity index is 422. The number of carbonyl (C=O) groups excluding carboxylic acids is 1. The summed E-state index contributed by atoms with van der Waals surface area (Å²) in [5, 5.41) is -0.538. The largest absolute Gasteiger partial charge is 0.326 e. The number of rotatable bonds is 1. The Morgan fingerprint density at radius 3 is 2.92 bits per heavy atom. The van der Waals surface area contributed by atoms with E-state index in [1.807, 2.05) is 0 Å². The van der Waals surface area contributed by atoms with Crippen molar-refractivity contribution in [1.29, 1.82) is 0 Å². The van der Waals surface area contributed by atoms with Crippen molar-refractivity contribution in [3.8, 4) is 0 Å². The molecule has 2 rings (SSSR count). The third-order valence-corrected chi connectivity index (χ3v) is 2.51. The van der Waals surface area contributed by atoms with Crippen molar-refractivity contribution in [2.75, 3.05) is 0 Å². The van der Waals surface area contributed by atoms with Crippen molar-refractivity contribution < 1.29 is 4.79 Å². The molecule has 1 heterocycles. The molecule has 68 valence electrons. The van der Waals surface area contributed by atoms with Gasteiger partial charge >= 0.3 is 0 Å². The van der Waals surface area contributed by atoms with Crippen LogP contribution < -0.4 is 5.56 Å². The first kappa shape index (κ1) is 8.51. The third kappa shape index (κ3) is 1.40. The van der Waals surface area contributed by atoms with Crippen LogP contribution in [0.3, 0.4) is 0 Å². The van der Waals surface area contributed by atoms with Crippen LogP contribution in [0.4, 0.5) is 0 Å². The second kappa shape index (κ2) is 3.00. The van der Waals surface area contributed by atoms with Gasteiger partial charge in [0.2, 0.25) is 5.56 Å². The first-order chi connectivity index (χ1) is 6.18. The molecule has 1 N–H and O–H groups in total. The van der Waals surface area contributed by atoms with Crippen LogP contribution in [0.5, 0.6) is 0 Å². The van der Waals surface area contributed by atoms with E-state index in [0.29, 0.717) is 5.56 Å². The second-order valence-electron chi connectivity index (χ2n) is 3.13. The Kier molecular flexibility index (Phi) is 1.96. The van der Waals surface area contributed by atoms with E-state index in [-0.39, 0.29) is 5.56 Å². The molecule has 0 radical (unpaired) electrons. The number of halogens is 1. The molecule has 0 aliphatic heterocycles. The summed E-state index contributed by atoms with van der Waals surface area (Å²) in [7, 11) is 0. The molecule has 0 bridgehead atoms. The molecule has 13 heavy (non-hydrogen) atoms. The minimum absolute atomic E-state index is 0.246. The Hall–Kier alpha value is -1.09. The van der Waals surface area contributed by atoms with Gasteiger partial charge in [0.1, 0.15) is 0 Å². The molecule has 0 spiro atoms. The van der Waals surface area contributed by atoms with Crippen LogP contribution in [0.2, 0.25) is 0 Å². The highest BCUT2D eigenvalue weighted by molar-refractivity contribution is 6.67. The molecule has 0 saturated heterocycles. The van der Waals surface area contributed by atoms with Crippen molar-refractivity contribution in [3.05, 3.63) is 33.2 Å². The molecule has 1 aromatic heterocycles. The fourth-order valence-corrected chi connectivity index (χ4v) is 1.93. The van der Waals surface area contributed by atoms with E-state index in [4.69, 9.17) is 11.6 Å². The maximum atomic E-state index is 11.1. The summed E-state index contributed by atoms with van der Waals surface area (Å²) in [6.45, 7) is 0. The van der Waals surface area contributed by atoms with Gasteiger partial charge in [-0.15, -0.1) is 0 Å². The predicted molar refractivity (Wildman–Crippen MR) is 49.3 cm³/mol. The summed E-state index contributed by atoms with van der Waals surface area (Å²) in [5.74, 6) is 0. The number of aromatic amines is 1. The highest BCUT2D eigenvalue weighted by Gasteiger charge is 2.19. The van der Waals surface area contributed by atoms with Gasteiger partial charge in [-0.2, -0.15) is 0 Å². The van der Waals surface area contributed by atoms with Crippen LogP contribution in [0.15, 0.2) is 10.9 Å². The van der Waals surface area contributed by atoms with E-state index in [2.05, 4.69) is 4.98 Å². The van der Waals surface area contributed by atoms with Gasteiger partial charge in [-0.05, 0) is 36.4 Å². The second-order valence-corrected chi connectivity index (χ2v) is 3.47. The summed E-state index contributed by atoms with van der Waals surface area (Å²) in [6.07, 6.45) is 2.65. The molecule has 0 atom stereocenters. The fraction of sp³-hybridized carbons (Fsp3) is 0.333. The molecular formula is C9H8ClNO2. The van der Waals surface area contributed by atoms with Gasteiger partial charge in [0.25, 0.3) is 5.24 Å². The lowest BCUT2D eigenvalue weighted by Gasteiger charge is -2.02. The standard InChI is InChI=1S/C9H8ClNO2/c10-9(13)6-4-8(12)11-7-3-1-2-5(6)7/h4H,1-3H2,(H,11,12). The van der Waals surface area contributed by atoms with Crippen molar-refractivity contribution in [3.63, 3.8) is 0 Å². The molecule has 4 heteroatoms. The van der Waals surface area contributed by atoms with Gasteiger partial charge in [-0.3, -0.25) is 9.59 Å². The van der Waals surface area contributed by atoms with Crippen LogP contribution in [-0.4, -0.2) is 10.2 Å². The fourth-order valence-electron chi connectivity index (χ4n) is 1.76. The average molecular weight is 198 g/mol. The summed E-state index contributed by atoms with van der Waals surface area (Å²) < 4.78 is 0. The number of hydrogen-bond donors (Lipinski definition) is 1. The minimum Gasteiger partial charge on any atom is -0.326 e. The van der Waals surface area contributed by atoms with Gasteiger partial charge in [0, 0.05) is 17.3 Å². The minimum atomic E-state index is -0.538. The maximum Gasteiger partial charge on any atom is 0.252 e. The Balaban J connectivity index is 2.69. The van der Waals surface area contributed by atoms with Crippen molar-refractivity contribution >= 4 is 16.8 Å². The lowest BCUT2D eigenvalue weighted by Crippen LogP contribution is -2.12. The lowest BCUT2D eigenvalue weighted by molar-refractivity contribution is 0.108. The number of carbonyl (C=O) groups is 1.